The molecule has 164 valence electrons. The second-order valence-corrected chi connectivity index (χ2v) is 9.69. The first kappa shape index (κ1) is 20.0. The number of carbonyl (C=O) groups excluding carboxylic acids is 2. The second kappa shape index (κ2) is 7.55. The van der Waals surface area contributed by atoms with Crippen LogP contribution in [0.5, 0.6) is 0 Å². The monoisotopic (exact) mass is 467 g/mol. The second-order valence-electron chi connectivity index (χ2n) is 8.66. The van der Waals surface area contributed by atoms with E-state index in [0.717, 1.165) is 42.7 Å². The Morgan fingerprint density at radius 2 is 1.09 bits per heavy atom. The van der Waals surface area contributed by atoms with Crippen LogP contribution in [0.1, 0.15) is 31.8 Å². The van der Waals surface area contributed by atoms with Crippen LogP contribution in [0.4, 0.5) is 0 Å². The molecule has 1 aromatic heterocycles. The van der Waals surface area contributed by atoms with Crippen LogP contribution in [0.25, 0.3) is 42.7 Å². The van der Waals surface area contributed by atoms with Crippen LogP contribution in [-0.4, -0.2) is 16.6 Å². The third kappa shape index (κ3) is 3.00. The van der Waals surface area contributed by atoms with Gasteiger partial charge in [-0.3, -0.25) is 9.59 Å². The van der Waals surface area contributed by atoms with Crippen molar-refractivity contribution in [3.63, 3.8) is 0 Å². The highest BCUT2D eigenvalue weighted by Crippen LogP contribution is 2.39. The predicted molar refractivity (Wildman–Crippen MR) is 141 cm³/mol. The van der Waals surface area contributed by atoms with Crippen LogP contribution in [0.15, 0.2) is 103 Å². The van der Waals surface area contributed by atoms with Crippen molar-refractivity contribution in [3.05, 3.63) is 125 Å². The lowest BCUT2D eigenvalue weighted by atomic mass is 9.82. The molecule has 0 atom stereocenters. The maximum atomic E-state index is 13.3. The maximum absolute atomic E-state index is 13.3. The van der Waals surface area contributed by atoms with Gasteiger partial charge in [0.05, 0.1) is 10.2 Å². The topological polar surface area (TPSA) is 47.0 Å². The first-order valence-electron chi connectivity index (χ1n) is 11.4. The predicted octanol–water partition coefficient (Wildman–Crippen LogP) is 7.56. The number of fused-ring (bicyclic) bond motifs is 4. The summed E-state index contributed by atoms with van der Waals surface area (Å²) in [5, 5.41) is 3.17. The van der Waals surface area contributed by atoms with Gasteiger partial charge in [0.25, 0.3) is 0 Å². The molecule has 6 aromatic rings. The molecule has 0 saturated carbocycles. The minimum atomic E-state index is -0.104. The van der Waals surface area contributed by atoms with E-state index < -0.39 is 0 Å². The Bertz CT molecular complexity index is 1810. The Kier molecular flexibility index (Phi) is 4.32. The maximum Gasteiger partial charge on any atom is 0.194 e. The molecule has 5 aromatic carbocycles. The molecule has 4 heteroatoms. The minimum absolute atomic E-state index is 0.0993. The molecule has 1 aliphatic carbocycles. The van der Waals surface area contributed by atoms with Gasteiger partial charge in [-0.1, -0.05) is 78.9 Å². The van der Waals surface area contributed by atoms with E-state index in [9.17, 15) is 9.59 Å². The highest BCUT2D eigenvalue weighted by Gasteiger charge is 2.29. The quantitative estimate of drug-likeness (QED) is 0.264. The zero-order chi connectivity index (χ0) is 23.5. The molecular weight excluding hydrogens is 450 g/mol. The van der Waals surface area contributed by atoms with Crippen molar-refractivity contribution in [1.82, 2.24) is 4.98 Å². The molecule has 0 bridgehead atoms. The molecule has 0 spiro atoms. The summed E-state index contributed by atoms with van der Waals surface area (Å²) >= 11 is 1.69. The summed E-state index contributed by atoms with van der Waals surface area (Å²) in [6.45, 7) is 0. The van der Waals surface area contributed by atoms with E-state index >= 15 is 0 Å². The van der Waals surface area contributed by atoms with Gasteiger partial charge in [-0.25, -0.2) is 4.98 Å². The van der Waals surface area contributed by atoms with E-state index in [0.29, 0.717) is 22.3 Å². The first-order chi connectivity index (χ1) is 17.2. The Labute approximate surface area is 205 Å². The summed E-state index contributed by atoms with van der Waals surface area (Å²) in [7, 11) is 0. The zero-order valence-corrected chi connectivity index (χ0v) is 19.3. The van der Waals surface area contributed by atoms with E-state index in [4.69, 9.17) is 4.98 Å². The summed E-state index contributed by atoms with van der Waals surface area (Å²) < 4.78 is 1.16. The number of ketones is 2. The molecule has 0 N–H and O–H groups in total. The third-order valence-electron chi connectivity index (χ3n) is 6.68. The van der Waals surface area contributed by atoms with Crippen LogP contribution in [0, 0.1) is 0 Å². The third-order valence-corrected chi connectivity index (χ3v) is 7.75. The number of hydrogen-bond acceptors (Lipinski definition) is 4. The normalized spacial score (nSPS) is 12.7. The average molecular weight is 468 g/mol. The molecule has 0 aliphatic heterocycles. The minimum Gasteiger partial charge on any atom is -0.289 e. The van der Waals surface area contributed by atoms with Crippen molar-refractivity contribution in [3.8, 4) is 21.7 Å². The van der Waals surface area contributed by atoms with Crippen LogP contribution in [-0.2, 0) is 0 Å². The van der Waals surface area contributed by atoms with Crippen LogP contribution in [0.3, 0.4) is 0 Å². The molecule has 35 heavy (non-hydrogen) atoms. The van der Waals surface area contributed by atoms with E-state index in [1.54, 1.807) is 41.7 Å². The molecule has 0 fully saturated rings. The van der Waals surface area contributed by atoms with Gasteiger partial charge in [0, 0.05) is 27.8 Å². The summed E-state index contributed by atoms with van der Waals surface area (Å²) in [5.74, 6) is -0.203. The number of benzene rings is 5. The summed E-state index contributed by atoms with van der Waals surface area (Å²) in [6, 6.07) is 33.3. The molecule has 0 unspecified atom stereocenters. The van der Waals surface area contributed by atoms with Crippen molar-refractivity contribution >= 4 is 43.9 Å². The number of nitrogens with zero attached hydrogens (tertiary/aromatic N) is 1. The number of carbonyl (C=O) groups is 2. The van der Waals surface area contributed by atoms with Gasteiger partial charge in [0.1, 0.15) is 5.01 Å². The number of rotatable bonds is 2. The Morgan fingerprint density at radius 3 is 1.86 bits per heavy atom. The molecular formula is C31H17NO2S. The molecule has 1 heterocycles. The van der Waals surface area contributed by atoms with E-state index in [1.165, 1.54) is 0 Å². The largest absolute Gasteiger partial charge is 0.289 e. The van der Waals surface area contributed by atoms with Gasteiger partial charge >= 0.3 is 0 Å². The molecule has 3 nitrogen and oxygen atoms in total. The Hall–Kier alpha value is -4.41. The van der Waals surface area contributed by atoms with Gasteiger partial charge in [-0.15, -0.1) is 11.3 Å². The SMILES string of the molecule is O=C1c2ccccc2C(=O)c2cc(-c3ccc(-c4nc5ccccc5s4)c4ccccc34)ccc21. The molecule has 7 rings (SSSR count). The summed E-state index contributed by atoms with van der Waals surface area (Å²) in [6.07, 6.45) is 0. The number of hydrogen-bond donors (Lipinski definition) is 0. The van der Waals surface area contributed by atoms with Gasteiger partial charge in [-0.05, 0) is 46.2 Å². The summed E-state index contributed by atoms with van der Waals surface area (Å²) in [4.78, 5) is 31.2. The lowest BCUT2D eigenvalue weighted by Gasteiger charge is -2.18. The van der Waals surface area contributed by atoms with Gasteiger partial charge in [-0.2, -0.15) is 0 Å². The Morgan fingerprint density at radius 1 is 0.514 bits per heavy atom. The van der Waals surface area contributed by atoms with E-state index in [2.05, 4.69) is 30.3 Å². The van der Waals surface area contributed by atoms with Crippen LogP contribution >= 0.6 is 11.3 Å². The molecule has 1 aliphatic rings. The zero-order valence-electron chi connectivity index (χ0n) is 18.5. The smallest absolute Gasteiger partial charge is 0.194 e. The van der Waals surface area contributed by atoms with Crippen molar-refractivity contribution in [2.45, 2.75) is 0 Å². The van der Waals surface area contributed by atoms with Gasteiger partial charge in [0.2, 0.25) is 0 Å². The van der Waals surface area contributed by atoms with Gasteiger partial charge < -0.3 is 0 Å². The molecule has 0 amide bonds. The molecule has 0 saturated heterocycles. The highest BCUT2D eigenvalue weighted by molar-refractivity contribution is 7.21. The standard InChI is InChI=1S/C31H17NO2S/c33-29-22-9-3-4-10-23(22)30(34)26-17-18(13-14-24(26)29)19-15-16-25(21-8-2-1-7-20(19)21)31-32-27-11-5-6-12-28(27)35-31/h1-17H. The van der Waals surface area contributed by atoms with Crippen LogP contribution < -0.4 is 0 Å². The van der Waals surface area contributed by atoms with E-state index in [-0.39, 0.29) is 11.6 Å². The van der Waals surface area contributed by atoms with Crippen molar-refractivity contribution < 1.29 is 9.59 Å². The fourth-order valence-corrected chi connectivity index (χ4v) is 6.00. The molecule has 0 radical (unpaired) electrons. The highest BCUT2D eigenvalue weighted by atomic mass is 32.1. The number of para-hydroxylation sites is 1. The average Bonchev–Trinajstić information content (AvgIpc) is 3.35. The van der Waals surface area contributed by atoms with E-state index in [1.807, 2.05) is 42.5 Å². The van der Waals surface area contributed by atoms with Gasteiger partial charge in [0.15, 0.2) is 11.6 Å². The first-order valence-corrected chi connectivity index (χ1v) is 12.2. The number of thiazole rings is 1. The van der Waals surface area contributed by atoms with Crippen molar-refractivity contribution in [1.29, 1.82) is 0 Å². The lowest BCUT2D eigenvalue weighted by Crippen LogP contribution is -2.20. The van der Waals surface area contributed by atoms with Crippen LogP contribution in [0.2, 0.25) is 0 Å². The fourth-order valence-electron chi connectivity index (χ4n) is 4.99. The lowest BCUT2D eigenvalue weighted by molar-refractivity contribution is 0.0979. The fraction of sp³-hybridized carbons (Fsp3) is 0. The van der Waals surface area contributed by atoms with Crippen molar-refractivity contribution in [2.24, 2.45) is 0 Å². The van der Waals surface area contributed by atoms with Crippen molar-refractivity contribution in [2.75, 3.05) is 0 Å². The summed E-state index contributed by atoms with van der Waals surface area (Å²) in [5.41, 5.74) is 5.89. The Balaban J connectivity index is 1.40. The number of aromatic nitrogens is 1.